The van der Waals surface area contributed by atoms with Crippen molar-refractivity contribution < 1.29 is 4.79 Å². The lowest BCUT2D eigenvalue weighted by atomic mass is 10.1. The number of thiazole rings is 1. The lowest BCUT2D eigenvalue weighted by Crippen LogP contribution is -2.31. The van der Waals surface area contributed by atoms with Crippen molar-refractivity contribution in [1.82, 2.24) is 25.1 Å². The van der Waals surface area contributed by atoms with Gasteiger partial charge in [-0.2, -0.15) is 5.10 Å². The van der Waals surface area contributed by atoms with E-state index in [1.54, 1.807) is 27.7 Å². The summed E-state index contributed by atoms with van der Waals surface area (Å²) in [5.41, 5.74) is 1.41. The second-order valence-electron chi connectivity index (χ2n) is 5.72. The van der Waals surface area contributed by atoms with Gasteiger partial charge in [-0.15, -0.1) is 22.7 Å². The van der Waals surface area contributed by atoms with Crippen molar-refractivity contribution in [2.75, 3.05) is 0 Å². The average molecular weight is 460 g/mol. The summed E-state index contributed by atoms with van der Waals surface area (Å²) in [6.45, 7) is 0.491. The molecule has 1 atom stereocenters. The second-order valence-corrected chi connectivity index (χ2v) is 8.41. The molecular formula is C18H14BrN5OS2. The molecule has 1 amide bonds. The van der Waals surface area contributed by atoms with Crippen molar-refractivity contribution >= 4 is 44.5 Å². The summed E-state index contributed by atoms with van der Waals surface area (Å²) in [7, 11) is 0. The Hall–Kier alpha value is -2.36. The monoisotopic (exact) mass is 459 g/mol. The van der Waals surface area contributed by atoms with Crippen molar-refractivity contribution in [3.05, 3.63) is 75.5 Å². The molecular weight excluding hydrogens is 446 g/mol. The summed E-state index contributed by atoms with van der Waals surface area (Å²) in [5, 5.41) is 11.8. The molecule has 0 aliphatic carbocycles. The molecule has 0 bridgehead atoms. The summed E-state index contributed by atoms with van der Waals surface area (Å²) < 4.78 is 2.72. The topological polar surface area (TPSA) is 72.7 Å². The molecule has 0 aliphatic heterocycles. The molecule has 27 heavy (non-hydrogen) atoms. The van der Waals surface area contributed by atoms with Crippen LogP contribution >= 0.6 is 38.6 Å². The minimum atomic E-state index is -0.235. The number of rotatable bonds is 6. The standard InChI is InChI=1S/C18H14BrN5OS2/c19-13-6-16(26-8-13)18-23-15(9-27-18)17(25)22-14(7-24-11-20-10-21-24)12-4-2-1-3-5-12/h1-6,8-11,14H,7H2,(H,22,25). The minimum absolute atomic E-state index is 0.206. The van der Waals surface area contributed by atoms with Gasteiger partial charge < -0.3 is 5.32 Å². The van der Waals surface area contributed by atoms with Gasteiger partial charge in [0.15, 0.2) is 0 Å². The van der Waals surface area contributed by atoms with Gasteiger partial charge >= 0.3 is 0 Å². The molecule has 0 aliphatic rings. The van der Waals surface area contributed by atoms with Gasteiger partial charge in [-0.25, -0.2) is 9.97 Å². The molecule has 136 valence electrons. The Bertz CT molecular complexity index is 1030. The highest BCUT2D eigenvalue weighted by Crippen LogP contribution is 2.32. The van der Waals surface area contributed by atoms with Crippen LogP contribution in [-0.2, 0) is 6.54 Å². The maximum atomic E-state index is 12.8. The maximum Gasteiger partial charge on any atom is 0.271 e. The number of amides is 1. The van der Waals surface area contributed by atoms with E-state index in [1.165, 1.54) is 17.7 Å². The van der Waals surface area contributed by atoms with Crippen molar-refractivity contribution in [2.45, 2.75) is 12.6 Å². The Morgan fingerprint density at radius 3 is 2.78 bits per heavy atom. The van der Waals surface area contributed by atoms with E-state index in [9.17, 15) is 4.79 Å². The van der Waals surface area contributed by atoms with Gasteiger partial charge in [-0.3, -0.25) is 9.48 Å². The van der Waals surface area contributed by atoms with E-state index in [0.717, 1.165) is 19.9 Å². The number of carbonyl (C=O) groups excluding carboxylic acids is 1. The zero-order chi connectivity index (χ0) is 18.6. The number of benzene rings is 1. The van der Waals surface area contributed by atoms with E-state index in [2.05, 4.69) is 36.3 Å². The third-order valence-electron chi connectivity index (χ3n) is 3.86. The molecule has 1 unspecified atom stereocenters. The predicted octanol–water partition coefficient (Wildman–Crippen LogP) is 4.40. The van der Waals surface area contributed by atoms with Gasteiger partial charge in [0, 0.05) is 15.2 Å². The van der Waals surface area contributed by atoms with Gasteiger partial charge in [0.05, 0.1) is 17.5 Å². The first-order valence-electron chi connectivity index (χ1n) is 8.07. The molecule has 4 aromatic rings. The second kappa shape index (κ2) is 8.12. The van der Waals surface area contributed by atoms with Crippen LogP contribution < -0.4 is 5.32 Å². The third-order valence-corrected chi connectivity index (χ3v) is 6.56. The van der Waals surface area contributed by atoms with Crippen molar-refractivity contribution in [3.8, 4) is 9.88 Å². The molecule has 4 rings (SSSR count). The molecule has 1 N–H and O–H groups in total. The molecule has 9 heteroatoms. The lowest BCUT2D eigenvalue weighted by molar-refractivity contribution is 0.0927. The van der Waals surface area contributed by atoms with E-state index in [0.29, 0.717) is 12.2 Å². The number of thiophene rings is 1. The largest absolute Gasteiger partial charge is 0.342 e. The van der Waals surface area contributed by atoms with E-state index in [1.807, 2.05) is 41.8 Å². The summed E-state index contributed by atoms with van der Waals surface area (Å²) in [5.74, 6) is -0.206. The summed E-state index contributed by atoms with van der Waals surface area (Å²) in [4.78, 5) is 22.3. The molecule has 0 spiro atoms. The van der Waals surface area contributed by atoms with Gasteiger partial charge in [-0.05, 0) is 27.6 Å². The van der Waals surface area contributed by atoms with Gasteiger partial charge in [-0.1, -0.05) is 30.3 Å². The van der Waals surface area contributed by atoms with E-state index in [-0.39, 0.29) is 11.9 Å². The lowest BCUT2D eigenvalue weighted by Gasteiger charge is -2.18. The Morgan fingerprint density at radius 2 is 2.07 bits per heavy atom. The van der Waals surface area contributed by atoms with Crippen LogP contribution in [0, 0.1) is 0 Å². The van der Waals surface area contributed by atoms with Gasteiger partial charge in [0.2, 0.25) is 0 Å². The first-order chi connectivity index (χ1) is 13.2. The van der Waals surface area contributed by atoms with Crippen LogP contribution in [0.15, 0.2) is 64.3 Å². The average Bonchev–Trinajstić information content (AvgIpc) is 3.43. The van der Waals surface area contributed by atoms with Crippen LogP contribution in [0.3, 0.4) is 0 Å². The number of halogens is 1. The zero-order valence-corrected chi connectivity index (χ0v) is 17.2. The number of hydrogen-bond acceptors (Lipinski definition) is 6. The summed E-state index contributed by atoms with van der Waals surface area (Å²) in [6.07, 6.45) is 3.12. The highest BCUT2D eigenvalue weighted by atomic mass is 79.9. The van der Waals surface area contributed by atoms with Crippen LogP contribution in [0.2, 0.25) is 0 Å². The third kappa shape index (κ3) is 4.32. The zero-order valence-electron chi connectivity index (χ0n) is 13.9. The highest BCUT2D eigenvalue weighted by Gasteiger charge is 2.19. The van der Waals surface area contributed by atoms with E-state index < -0.39 is 0 Å². The van der Waals surface area contributed by atoms with Crippen LogP contribution in [0.4, 0.5) is 0 Å². The van der Waals surface area contributed by atoms with Crippen LogP contribution in [-0.4, -0.2) is 25.7 Å². The van der Waals surface area contributed by atoms with Gasteiger partial charge in [0.1, 0.15) is 23.4 Å². The SMILES string of the molecule is O=C(NC(Cn1cncn1)c1ccccc1)c1csc(-c2cc(Br)cs2)n1. The van der Waals surface area contributed by atoms with Crippen molar-refractivity contribution in [1.29, 1.82) is 0 Å². The smallest absolute Gasteiger partial charge is 0.271 e. The Labute approximate surface area is 172 Å². The van der Waals surface area contributed by atoms with Crippen LogP contribution in [0.5, 0.6) is 0 Å². The number of nitrogens with one attached hydrogen (secondary N) is 1. The maximum absolute atomic E-state index is 12.8. The fourth-order valence-corrected chi connectivity index (χ4v) is 4.89. The van der Waals surface area contributed by atoms with Gasteiger partial charge in [0.25, 0.3) is 5.91 Å². The Morgan fingerprint density at radius 1 is 1.22 bits per heavy atom. The Balaban J connectivity index is 1.54. The molecule has 3 aromatic heterocycles. The highest BCUT2D eigenvalue weighted by molar-refractivity contribution is 9.10. The molecule has 0 fully saturated rings. The fraction of sp³-hybridized carbons (Fsp3) is 0.111. The number of aromatic nitrogens is 4. The number of hydrogen-bond donors (Lipinski definition) is 1. The number of nitrogens with zero attached hydrogens (tertiary/aromatic N) is 4. The predicted molar refractivity (Wildman–Crippen MR) is 110 cm³/mol. The Kier molecular flexibility index (Phi) is 5.42. The van der Waals surface area contributed by atoms with Crippen molar-refractivity contribution in [2.24, 2.45) is 0 Å². The first-order valence-corrected chi connectivity index (χ1v) is 10.6. The molecule has 0 radical (unpaired) electrons. The molecule has 1 aromatic carbocycles. The normalized spacial score (nSPS) is 12.0. The number of carbonyl (C=O) groups is 1. The summed E-state index contributed by atoms with van der Waals surface area (Å²) in [6, 6.07) is 11.6. The minimum Gasteiger partial charge on any atom is -0.342 e. The van der Waals surface area contributed by atoms with E-state index in [4.69, 9.17) is 0 Å². The van der Waals surface area contributed by atoms with Crippen molar-refractivity contribution in [3.63, 3.8) is 0 Å². The van der Waals surface area contributed by atoms with E-state index >= 15 is 0 Å². The molecule has 0 saturated heterocycles. The molecule has 0 saturated carbocycles. The summed E-state index contributed by atoms with van der Waals surface area (Å²) >= 11 is 6.50. The quantitative estimate of drug-likeness (QED) is 0.463. The first kappa shape index (κ1) is 18.0. The molecule has 3 heterocycles. The van der Waals surface area contributed by atoms with Crippen LogP contribution in [0.25, 0.3) is 9.88 Å². The molecule has 6 nitrogen and oxygen atoms in total. The van der Waals surface area contributed by atoms with Crippen LogP contribution in [0.1, 0.15) is 22.1 Å². The fourth-order valence-electron chi connectivity index (χ4n) is 2.58.